The van der Waals surface area contributed by atoms with Gasteiger partial charge in [0.25, 0.3) is 0 Å². The first-order valence-corrected chi connectivity index (χ1v) is 13.0. The summed E-state index contributed by atoms with van der Waals surface area (Å²) in [5.41, 5.74) is 1.20. The summed E-state index contributed by atoms with van der Waals surface area (Å²) in [4.78, 5) is 19.6. The number of likely N-dealkylation sites (N-methyl/N-ethyl adjacent to an activating group) is 1. The zero-order valence-corrected chi connectivity index (χ0v) is 20.8. The van der Waals surface area contributed by atoms with Gasteiger partial charge in [0.15, 0.2) is 0 Å². The lowest BCUT2D eigenvalue weighted by molar-refractivity contribution is 0.149. The SMILES string of the molecule is CC(C)Oc1ccc(Cl)c(CC2CCN(CC3CN(C4CCCCC4)C(=O)N3C)CC2)c1. The van der Waals surface area contributed by atoms with Gasteiger partial charge < -0.3 is 19.4 Å². The maximum absolute atomic E-state index is 12.8. The summed E-state index contributed by atoms with van der Waals surface area (Å²) < 4.78 is 5.86. The van der Waals surface area contributed by atoms with Gasteiger partial charge in [-0.15, -0.1) is 0 Å². The highest BCUT2D eigenvalue weighted by atomic mass is 35.5. The third kappa shape index (κ3) is 5.72. The van der Waals surface area contributed by atoms with Crippen LogP contribution in [0.25, 0.3) is 0 Å². The highest BCUT2D eigenvalue weighted by molar-refractivity contribution is 6.31. The van der Waals surface area contributed by atoms with Crippen molar-refractivity contribution in [3.05, 3.63) is 28.8 Å². The maximum atomic E-state index is 12.8. The van der Waals surface area contributed by atoms with Gasteiger partial charge in [-0.25, -0.2) is 4.79 Å². The molecule has 0 aromatic heterocycles. The Morgan fingerprint density at radius 2 is 1.81 bits per heavy atom. The number of hydrogen-bond acceptors (Lipinski definition) is 3. The number of benzene rings is 1. The topological polar surface area (TPSA) is 36.0 Å². The van der Waals surface area contributed by atoms with E-state index in [0.717, 1.165) is 43.4 Å². The quantitative estimate of drug-likeness (QED) is 0.541. The molecule has 1 aromatic rings. The largest absolute Gasteiger partial charge is 0.491 e. The number of ether oxygens (including phenoxy) is 1. The standard InChI is InChI=1S/C26H40ClN3O2/c1-19(2)32-24-9-10-25(27)21(16-24)15-20-11-13-29(14-12-20)17-23-18-30(26(31)28(23)3)22-7-5-4-6-8-22/h9-10,16,19-20,22-23H,4-8,11-15,17-18H2,1-3H3. The zero-order valence-electron chi connectivity index (χ0n) is 20.1. The summed E-state index contributed by atoms with van der Waals surface area (Å²) in [6, 6.07) is 7.08. The Morgan fingerprint density at radius 1 is 1.09 bits per heavy atom. The van der Waals surface area contributed by atoms with Crippen molar-refractivity contribution in [2.24, 2.45) is 5.92 Å². The van der Waals surface area contributed by atoms with Crippen molar-refractivity contribution in [1.29, 1.82) is 0 Å². The molecule has 2 aliphatic heterocycles. The van der Waals surface area contributed by atoms with Crippen molar-refractivity contribution in [2.75, 3.05) is 33.2 Å². The van der Waals surface area contributed by atoms with Gasteiger partial charge in [-0.1, -0.05) is 30.9 Å². The van der Waals surface area contributed by atoms with Crippen LogP contribution in [-0.2, 0) is 6.42 Å². The molecule has 1 saturated carbocycles. The van der Waals surface area contributed by atoms with E-state index in [9.17, 15) is 4.79 Å². The molecule has 0 bridgehead atoms. The fraction of sp³-hybridized carbons (Fsp3) is 0.731. The molecular formula is C26H40ClN3O2. The van der Waals surface area contributed by atoms with Crippen LogP contribution < -0.4 is 4.74 Å². The first kappa shape index (κ1) is 23.7. The summed E-state index contributed by atoms with van der Waals surface area (Å²) in [6.07, 6.45) is 9.78. The summed E-state index contributed by atoms with van der Waals surface area (Å²) in [7, 11) is 2.00. The van der Waals surface area contributed by atoms with Crippen molar-refractivity contribution in [3.63, 3.8) is 0 Å². The molecule has 3 aliphatic rings. The van der Waals surface area contributed by atoms with E-state index in [2.05, 4.69) is 15.9 Å². The van der Waals surface area contributed by atoms with Crippen LogP contribution in [0, 0.1) is 5.92 Å². The lowest BCUT2D eigenvalue weighted by atomic mass is 9.90. The highest BCUT2D eigenvalue weighted by Gasteiger charge is 2.39. The van der Waals surface area contributed by atoms with Crippen molar-refractivity contribution >= 4 is 17.6 Å². The Morgan fingerprint density at radius 3 is 2.50 bits per heavy atom. The fourth-order valence-electron chi connectivity index (χ4n) is 5.70. The van der Waals surface area contributed by atoms with Crippen LogP contribution in [0.2, 0.25) is 5.02 Å². The molecule has 0 spiro atoms. The number of carbonyl (C=O) groups is 1. The van der Waals surface area contributed by atoms with Crippen LogP contribution in [0.3, 0.4) is 0 Å². The van der Waals surface area contributed by atoms with Crippen molar-refractivity contribution in [1.82, 2.24) is 14.7 Å². The molecule has 3 fully saturated rings. The second-order valence-corrected chi connectivity index (χ2v) is 10.8. The zero-order chi connectivity index (χ0) is 22.7. The first-order chi connectivity index (χ1) is 15.4. The lowest BCUT2D eigenvalue weighted by Gasteiger charge is -2.34. The molecule has 1 aromatic carbocycles. The van der Waals surface area contributed by atoms with E-state index in [1.807, 2.05) is 37.9 Å². The van der Waals surface area contributed by atoms with E-state index < -0.39 is 0 Å². The molecule has 6 heteroatoms. The van der Waals surface area contributed by atoms with Crippen LogP contribution in [0.4, 0.5) is 4.79 Å². The van der Waals surface area contributed by atoms with Crippen LogP contribution in [-0.4, -0.2) is 72.1 Å². The molecule has 2 saturated heterocycles. The summed E-state index contributed by atoms with van der Waals surface area (Å²) >= 11 is 6.49. The van der Waals surface area contributed by atoms with Gasteiger partial charge in [-0.05, 0) is 88.7 Å². The third-order valence-corrected chi connectivity index (χ3v) is 7.96. The number of halogens is 1. The summed E-state index contributed by atoms with van der Waals surface area (Å²) in [5.74, 6) is 1.56. The minimum Gasteiger partial charge on any atom is -0.491 e. The fourth-order valence-corrected chi connectivity index (χ4v) is 5.89. The second-order valence-electron chi connectivity index (χ2n) is 10.4. The van der Waals surface area contributed by atoms with Crippen molar-refractivity contribution < 1.29 is 9.53 Å². The predicted octanol–water partition coefficient (Wildman–Crippen LogP) is 5.45. The Balaban J connectivity index is 1.27. The highest BCUT2D eigenvalue weighted by Crippen LogP contribution is 2.30. The Kier molecular flexibility index (Phi) is 7.88. The molecule has 1 aliphatic carbocycles. The minimum atomic E-state index is 0.168. The van der Waals surface area contributed by atoms with E-state index >= 15 is 0 Å². The van der Waals surface area contributed by atoms with Gasteiger partial charge >= 0.3 is 6.03 Å². The Labute approximate surface area is 199 Å². The summed E-state index contributed by atoms with van der Waals surface area (Å²) in [6.45, 7) is 8.20. The second kappa shape index (κ2) is 10.6. The number of carbonyl (C=O) groups excluding carboxylic acids is 1. The van der Waals surface area contributed by atoms with Crippen LogP contribution in [0.1, 0.15) is 64.4 Å². The monoisotopic (exact) mass is 461 g/mol. The molecule has 178 valence electrons. The molecule has 4 rings (SSSR count). The molecule has 0 radical (unpaired) electrons. The Hall–Kier alpha value is -1.46. The molecule has 0 N–H and O–H groups in total. The molecule has 2 heterocycles. The number of amides is 2. The van der Waals surface area contributed by atoms with E-state index in [1.54, 1.807) is 0 Å². The van der Waals surface area contributed by atoms with Gasteiger partial charge in [-0.2, -0.15) is 0 Å². The van der Waals surface area contributed by atoms with E-state index in [1.165, 1.54) is 50.5 Å². The first-order valence-electron chi connectivity index (χ1n) is 12.6. The van der Waals surface area contributed by atoms with Gasteiger partial charge in [0, 0.05) is 31.2 Å². The third-order valence-electron chi connectivity index (χ3n) is 7.59. The van der Waals surface area contributed by atoms with Crippen molar-refractivity contribution in [3.8, 4) is 5.75 Å². The lowest BCUT2D eigenvalue weighted by Crippen LogP contribution is -2.44. The molecule has 1 atom stereocenters. The van der Waals surface area contributed by atoms with E-state index in [4.69, 9.17) is 16.3 Å². The smallest absolute Gasteiger partial charge is 0.320 e. The Bertz CT molecular complexity index is 772. The maximum Gasteiger partial charge on any atom is 0.320 e. The van der Waals surface area contributed by atoms with E-state index in [0.29, 0.717) is 18.0 Å². The van der Waals surface area contributed by atoms with Gasteiger partial charge in [-0.3, -0.25) is 0 Å². The average molecular weight is 462 g/mol. The predicted molar refractivity (Wildman–Crippen MR) is 131 cm³/mol. The van der Waals surface area contributed by atoms with Gasteiger partial charge in [0.1, 0.15) is 5.75 Å². The average Bonchev–Trinajstić information content (AvgIpc) is 3.06. The van der Waals surface area contributed by atoms with Crippen LogP contribution in [0.15, 0.2) is 18.2 Å². The number of rotatable bonds is 7. The molecular weight excluding hydrogens is 422 g/mol. The number of urea groups is 1. The van der Waals surface area contributed by atoms with Gasteiger partial charge in [0.2, 0.25) is 0 Å². The minimum absolute atomic E-state index is 0.168. The molecule has 5 nitrogen and oxygen atoms in total. The number of piperidine rings is 1. The number of nitrogens with zero attached hydrogens (tertiary/aromatic N) is 3. The molecule has 2 amide bonds. The van der Waals surface area contributed by atoms with E-state index in [-0.39, 0.29) is 12.1 Å². The number of hydrogen-bond donors (Lipinski definition) is 0. The van der Waals surface area contributed by atoms with Crippen LogP contribution >= 0.6 is 11.6 Å². The molecule has 32 heavy (non-hydrogen) atoms. The van der Waals surface area contributed by atoms with Crippen molar-refractivity contribution in [2.45, 2.75) is 83.4 Å². The van der Waals surface area contributed by atoms with Gasteiger partial charge in [0.05, 0.1) is 12.1 Å². The summed E-state index contributed by atoms with van der Waals surface area (Å²) in [5, 5.41) is 0.845. The normalized spacial score (nSPS) is 24.0. The van der Waals surface area contributed by atoms with Crippen LogP contribution in [0.5, 0.6) is 5.75 Å². The molecule has 1 unspecified atom stereocenters. The number of likely N-dealkylation sites (tertiary alicyclic amines) is 1.